The van der Waals surface area contributed by atoms with Crippen molar-refractivity contribution >= 4 is 33.2 Å². The van der Waals surface area contributed by atoms with Gasteiger partial charge in [0.05, 0.1) is 0 Å². The minimum absolute atomic E-state index is 0. The van der Waals surface area contributed by atoms with Gasteiger partial charge in [0.15, 0.2) is 0 Å². The van der Waals surface area contributed by atoms with Gasteiger partial charge in [0, 0.05) is 8.80 Å². The van der Waals surface area contributed by atoms with Crippen molar-refractivity contribution in [3.63, 3.8) is 0 Å². The van der Waals surface area contributed by atoms with Crippen LogP contribution in [0.4, 0.5) is 0 Å². The van der Waals surface area contributed by atoms with Crippen molar-refractivity contribution in [2.24, 2.45) is 0 Å². The molecule has 0 unspecified atom stereocenters. The van der Waals surface area contributed by atoms with E-state index in [1.165, 1.54) is 0 Å². The van der Waals surface area contributed by atoms with Gasteiger partial charge >= 0.3 is 24.4 Å². The number of hydrogen-bond donors (Lipinski definition) is 0. The van der Waals surface area contributed by atoms with Gasteiger partial charge in [-0.3, -0.25) is 0 Å². The molecule has 0 aliphatic carbocycles. The van der Waals surface area contributed by atoms with Gasteiger partial charge in [-0.25, -0.2) is 0 Å². The van der Waals surface area contributed by atoms with Gasteiger partial charge in [-0.1, -0.05) is 33.9 Å². The minimum atomic E-state index is -0.0502. The molecule has 0 heterocycles. The van der Waals surface area contributed by atoms with E-state index in [2.05, 4.69) is 33.9 Å². The molecular formula is C6H17SbSi. The monoisotopic (exact) mass is 238 g/mol. The second-order valence-corrected chi connectivity index (χ2v) is 6.75. The summed E-state index contributed by atoms with van der Waals surface area (Å²) in [6.45, 7) is 11.6. The van der Waals surface area contributed by atoms with E-state index in [1.807, 2.05) is 0 Å². The maximum atomic E-state index is 2.35. The first-order chi connectivity index (χ1) is 2.94. The molecule has 8 heavy (non-hydrogen) atoms. The van der Waals surface area contributed by atoms with Crippen LogP contribution in [0.15, 0.2) is 0 Å². The van der Waals surface area contributed by atoms with E-state index in [1.54, 1.807) is 0 Å². The van der Waals surface area contributed by atoms with Crippen LogP contribution in [-0.2, 0) is 0 Å². The Morgan fingerprint density at radius 3 is 1.12 bits per heavy atom. The summed E-state index contributed by atoms with van der Waals surface area (Å²) in [6, 6.07) is 0. The molecule has 0 spiro atoms. The van der Waals surface area contributed by atoms with Crippen LogP contribution >= 0.6 is 0 Å². The first kappa shape index (κ1) is 11.8. The molecule has 0 saturated heterocycles. The average molecular weight is 239 g/mol. The Balaban J connectivity index is 0. The van der Waals surface area contributed by atoms with Crippen LogP contribution < -0.4 is 0 Å². The zero-order chi connectivity index (χ0) is 6.08. The van der Waals surface area contributed by atoms with E-state index in [9.17, 15) is 0 Å². The maximum absolute atomic E-state index is 2.35. The molecular weight excluding hydrogens is 222 g/mol. The van der Waals surface area contributed by atoms with Crippen molar-refractivity contribution in [2.75, 3.05) is 0 Å². The second-order valence-electron chi connectivity index (χ2n) is 3.25. The molecule has 2 heteroatoms. The Hall–Kier alpha value is 1.04. The van der Waals surface area contributed by atoms with Gasteiger partial charge in [0.25, 0.3) is 0 Å². The molecule has 0 nitrogen and oxygen atoms in total. The molecule has 0 saturated carbocycles. The van der Waals surface area contributed by atoms with E-state index in [0.717, 1.165) is 0 Å². The second kappa shape index (κ2) is 3.95. The van der Waals surface area contributed by atoms with Crippen LogP contribution in [0.3, 0.4) is 0 Å². The zero-order valence-corrected chi connectivity index (χ0v) is 10.9. The van der Waals surface area contributed by atoms with E-state index in [0.29, 0.717) is 5.04 Å². The van der Waals surface area contributed by atoms with Crippen molar-refractivity contribution in [3.8, 4) is 0 Å². The van der Waals surface area contributed by atoms with Crippen LogP contribution in [-0.4, -0.2) is 33.2 Å². The fourth-order valence-corrected chi connectivity index (χ4v) is 0. The summed E-state index contributed by atoms with van der Waals surface area (Å²) in [7, 11) is -0.0502. The van der Waals surface area contributed by atoms with Crippen molar-refractivity contribution in [1.82, 2.24) is 0 Å². The van der Waals surface area contributed by atoms with Gasteiger partial charge in [0.1, 0.15) is 0 Å². The standard InChI is InChI=1S/C6H15Si.Sb.2H/c1-6(2,3)7(4)5;;;/h1-5H3;;;. The molecule has 50 valence electrons. The molecule has 0 bridgehead atoms. The summed E-state index contributed by atoms with van der Waals surface area (Å²) in [6.07, 6.45) is 0. The summed E-state index contributed by atoms with van der Waals surface area (Å²) in [5, 5.41) is 0.602. The third-order valence-corrected chi connectivity index (χ3v) is 4.50. The van der Waals surface area contributed by atoms with E-state index in [-0.39, 0.29) is 33.2 Å². The predicted molar refractivity (Wildman–Crippen MR) is 45.7 cm³/mol. The molecule has 0 rings (SSSR count). The summed E-state index contributed by atoms with van der Waals surface area (Å²) >= 11 is 0. The van der Waals surface area contributed by atoms with E-state index in [4.69, 9.17) is 0 Å². The molecule has 0 aliphatic heterocycles. The van der Waals surface area contributed by atoms with Crippen LogP contribution in [0, 0.1) is 0 Å². The van der Waals surface area contributed by atoms with Gasteiger partial charge < -0.3 is 0 Å². The van der Waals surface area contributed by atoms with Crippen molar-refractivity contribution in [1.29, 1.82) is 0 Å². The van der Waals surface area contributed by atoms with Gasteiger partial charge in [-0.2, -0.15) is 0 Å². The third kappa shape index (κ3) is 5.18. The average Bonchev–Trinajstić information content (AvgIpc) is 1.31. The van der Waals surface area contributed by atoms with Gasteiger partial charge in [-0.15, -0.1) is 0 Å². The molecule has 0 atom stereocenters. The summed E-state index contributed by atoms with van der Waals surface area (Å²) in [5.74, 6) is 0. The van der Waals surface area contributed by atoms with Crippen LogP contribution in [0.1, 0.15) is 20.8 Å². The third-order valence-electron chi connectivity index (χ3n) is 1.50. The Morgan fingerprint density at radius 1 is 1.00 bits per heavy atom. The molecule has 0 aromatic carbocycles. The molecule has 0 fully saturated rings. The van der Waals surface area contributed by atoms with Crippen LogP contribution in [0.5, 0.6) is 0 Å². The normalized spacial score (nSPS) is 11.2. The van der Waals surface area contributed by atoms with Crippen molar-refractivity contribution in [3.05, 3.63) is 0 Å². The van der Waals surface area contributed by atoms with Gasteiger partial charge in [-0.05, 0) is 5.04 Å². The van der Waals surface area contributed by atoms with E-state index >= 15 is 0 Å². The molecule has 0 N–H and O–H groups in total. The summed E-state index contributed by atoms with van der Waals surface area (Å²) < 4.78 is 0. The Bertz CT molecular complexity index is 54.0. The Kier molecular flexibility index (Phi) is 5.82. The predicted octanol–water partition coefficient (Wildman–Crippen LogP) is 1.62. The number of hydrogen-bond acceptors (Lipinski definition) is 0. The Labute approximate surface area is 72.1 Å². The molecule has 0 aliphatic rings. The van der Waals surface area contributed by atoms with Crippen molar-refractivity contribution in [2.45, 2.75) is 38.9 Å². The zero-order valence-electron chi connectivity index (χ0n) is 6.58. The van der Waals surface area contributed by atoms with Crippen molar-refractivity contribution < 1.29 is 0 Å². The van der Waals surface area contributed by atoms with E-state index < -0.39 is 0 Å². The fraction of sp³-hybridized carbons (Fsp3) is 1.00. The topological polar surface area (TPSA) is 0 Å². The fourth-order valence-electron chi connectivity index (χ4n) is 0. The Morgan fingerprint density at radius 2 is 1.12 bits per heavy atom. The molecule has 0 aromatic rings. The van der Waals surface area contributed by atoms with Crippen LogP contribution in [0.2, 0.25) is 18.1 Å². The molecule has 2 radical (unpaired) electrons. The summed E-state index contributed by atoms with van der Waals surface area (Å²) in [5.41, 5.74) is 0. The first-order valence-corrected chi connectivity index (χ1v) is 5.25. The quantitative estimate of drug-likeness (QED) is 0.563. The first-order valence-electron chi connectivity index (χ1n) is 2.75. The van der Waals surface area contributed by atoms with Crippen LogP contribution in [0.25, 0.3) is 0 Å². The SMILES string of the molecule is C[Si](C)C(C)(C)C.[SbH2]. The number of rotatable bonds is 0. The molecule has 0 aromatic heterocycles. The molecule has 0 amide bonds. The van der Waals surface area contributed by atoms with Gasteiger partial charge in [0.2, 0.25) is 0 Å². The summed E-state index contributed by atoms with van der Waals surface area (Å²) in [4.78, 5) is 0.